The number of hydrogen-bond donors (Lipinski definition) is 1. The Balaban J connectivity index is 2.15. The van der Waals surface area contributed by atoms with Gasteiger partial charge in [-0.2, -0.15) is 5.10 Å². The molecular weight excluding hydrogens is 240 g/mol. The molecule has 2 aromatic heterocycles. The summed E-state index contributed by atoms with van der Waals surface area (Å²) in [4.78, 5) is 15.7. The normalized spacial score (nSPS) is 10.3. The first-order valence-electron chi connectivity index (χ1n) is 4.99. The molecule has 0 aliphatic carbocycles. The predicted octanol–water partition coefficient (Wildman–Crippen LogP) is 2.03. The van der Waals surface area contributed by atoms with Crippen LogP contribution in [0.4, 0.5) is 5.69 Å². The molecule has 1 N–H and O–H groups in total. The van der Waals surface area contributed by atoms with Gasteiger partial charge in [-0.25, -0.2) is 4.98 Å². The first kappa shape index (κ1) is 11.6. The number of halogens is 1. The first-order valence-corrected chi connectivity index (χ1v) is 5.37. The summed E-state index contributed by atoms with van der Waals surface area (Å²) < 4.78 is 1.57. The molecule has 2 aromatic rings. The van der Waals surface area contributed by atoms with E-state index < -0.39 is 0 Å². The molecule has 0 atom stereocenters. The quantitative estimate of drug-likeness (QED) is 0.830. The van der Waals surface area contributed by atoms with Crippen molar-refractivity contribution in [3.8, 4) is 0 Å². The van der Waals surface area contributed by atoms with Crippen LogP contribution >= 0.6 is 11.6 Å². The highest BCUT2D eigenvalue weighted by Crippen LogP contribution is 2.16. The lowest BCUT2D eigenvalue weighted by molar-refractivity contribution is 0.102. The van der Waals surface area contributed by atoms with Crippen molar-refractivity contribution in [1.29, 1.82) is 0 Å². The fourth-order valence-corrected chi connectivity index (χ4v) is 1.46. The maximum atomic E-state index is 11.8. The fraction of sp³-hybridized carbons (Fsp3) is 0.182. The van der Waals surface area contributed by atoms with E-state index >= 15 is 0 Å². The maximum absolute atomic E-state index is 11.8. The van der Waals surface area contributed by atoms with E-state index in [4.69, 9.17) is 11.6 Å². The first-order chi connectivity index (χ1) is 8.06. The number of hydrogen-bond acceptors (Lipinski definition) is 3. The van der Waals surface area contributed by atoms with Crippen molar-refractivity contribution >= 4 is 23.2 Å². The topological polar surface area (TPSA) is 59.8 Å². The molecule has 0 aliphatic heterocycles. The number of carbonyl (C=O) groups excluding carboxylic acids is 1. The Kier molecular flexibility index (Phi) is 3.10. The highest BCUT2D eigenvalue weighted by molar-refractivity contribution is 6.30. The minimum absolute atomic E-state index is 0.269. The maximum Gasteiger partial charge on any atom is 0.276 e. The molecular formula is C11H11ClN4O. The number of amides is 1. The third-order valence-corrected chi connectivity index (χ3v) is 2.61. The van der Waals surface area contributed by atoms with E-state index in [0.29, 0.717) is 16.5 Å². The second-order valence-electron chi connectivity index (χ2n) is 3.66. The number of aryl methyl sites for hydroxylation is 2. The summed E-state index contributed by atoms with van der Waals surface area (Å²) in [7, 11) is 1.75. The standard InChI is InChI=1S/C11H11ClN4O/c1-7-5-8(6-13-10(7)12)14-11(17)9-3-4-16(2)15-9/h3-6H,1-2H3,(H,14,17). The monoisotopic (exact) mass is 250 g/mol. The van der Waals surface area contributed by atoms with Gasteiger partial charge in [0.2, 0.25) is 0 Å². The summed E-state index contributed by atoms with van der Waals surface area (Å²) >= 11 is 5.80. The zero-order valence-corrected chi connectivity index (χ0v) is 10.2. The molecule has 2 heterocycles. The minimum Gasteiger partial charge on any atom is -0.319 e. The molecule has 0 fully saturated rings. The SMILES string of the molecule is Cc1cc(NC(=O)c2ccn(C)n2)cnc1Cl. The van der Waals surface area contributed by atoms with Crippen molar-refractivity contribution in [3.63, 3.8) is 0 Å². The van der Waals surface area contributed by atoms with Crippen molar-refractivity contribution in [2.24, 2.45) is 7.05 Å². The predicted molar refractivity (Wildman–Crippen MR) is 65.1 cm³/mol. The lowest BCUT2D eigenvalue weighted by atomic mass is 10.3. The molecule has 0 radical (unpaired) electrons. The van der Waals surface area contributed by atoms with Crippen LogP contribution in [0.1, 0.15) is 16.1 Å². The lowest BCUT2D eigenvalue weighted by Gasteiger charge is -2.04. The Morgan fingerprint density at radius 1 is 1.53 bits per heavy atom. The Morgan fingerprint density at radius 3 is 2.88 bits per heavy atom. The van der Waals surface area contributed by atoms with Gasteiger partial charge in [0.05, 0.1) is 11.9 Å². The number of nitrogens with one attached hydrogen (secondary N) is 1. The summed E-state index contributed by atoms with van der Waals surface area (Å²) in [5, 5.41) is 7.14. The van der Waals surface area contributed by atoms with Gasteiger partial charge in [0.25, 0.3) is 5.91 Å². The Morgan fingerprint density at radius 2 is 2.29 bits per heavy atom. The van der Waals surface area contributed by atoms with Crippen LogP contribution in [-0.2, 0) is 7.05 Å². The van der Waals surface area contributed by atoms with E-state index in [-0.39, 0.29) is 5.91 Å². The van der Waals surface area contributed by atoms with Crippen LogP contribution in [0.3, 0.4) is 0 Å². The fourth-order valence-electron chi connectivity index (χ4n) is 1.36. The van der Waals surface area contributed by atoms with Crippen LogP contribution in [0.2, 0.25) is 5.15 Å². The Hall–Kier alpha value is -1.88. The number of anilines is 1. The third kappa shape index (κ3) is 2.62. The van der Waals surface area contributed by atoms with Gasteiger partial charge in [-0.15, -0.1) is 0 Å². The van der Waals surface area contributed by atoms with Crippen LogP contribution in [0.15, 0.2) is 24.5 Å². The number of aromatic nitrogens is 3. The average Bonchev–Trinajstić information content (AvgIpc) is 2.70. The molecule has 0 saturated carbocycles. The van der Waals surface area contributed by atoms with Gasteiger partial charge in [-0.3, -0.25) is 9.48 Å². The van der Waals surface area contributed by atoms with Crippen LogP contribution in [-0.4, -0.2) is 20.7 Å². The molecule has 1 amide bonds. The molecule has 5 nitrogen and oxygen atoms in total. The number of carbonyl (C=O) groups is 1. The number of rotatable bonds is 2. The van der Waals surface area contributed by atoms with Gasteiger partial charge >= 0.3 is 0 Å². The van der Waals surface area contributed by atoms with Gasteiger partial charge in [-0.1, -0.05) is 11.6 Å². The van der Waals surface area contributed by atoms with Gasteiger partial charge in [0.1, 0.15) is 5.15 Å². The van der Waals surface area contributed by atoms with Crippen molar-refractivity contribution < 1.29 is 4.79 Å². The Bertz CT molecular complexity index is 564. The molecule has 0 unspecified atom stereocenters. The van der Waals surface area contributed by atoms with Gasteiger partial charge in [0.15, 0.2) is 5.69 Å². The van der Waals surface area contributed by atoms with Crippen LogP contribution in [0.25, 0.3) is 0 Å². The third-order valence-electron chi connectivity index (χ3n) is 2.22. The summed E-state index contributed by atoms with van der Waals surface area (Å²) in [6.07, 6.45) is 3.22. The lowest BCUT2D eigenvalue weighted by Crippen LogP contribution is -2.13. The second-order valence-corrected chi connectivity index (χ2v) is 4.02. The van der Waals surface area contributed by atoms with Crippen molar-refractivity contribution in [2.75, 3.05) is 5.32 Å². The molecule has 17 heavy (non-hydrogen) atoms. The zero-order chi connectivity index (χ0) is 12.4. The van der Waals surface area contributed by atoms with Crippen molar-refractivity contribution in [3.05, 3.63) is 40.9 Å². The summed E-state index contributed by atoms with van der Waals surface area (Å²) in [5.41, 5.74) is 1.77. The van der Waals surface area contributed by atoms with E-state index in [2.05, 4.69) is 15.4 Å². The van der Waals surface area contributed by atoms with Crippen molar-refractivity contribution in [1.82, 2.24) is 14.8 Å². The van der Waals surface area contributed by atoms with Gasteiger partial charge in [0, 0.05) is 13.2 Å². The number of nitrogens with zero attached hydrogens (tertiary/aromatic N) is 3. The average molecular weight is 251 g/mol. The molecule has 0 spiro atoms. The number of pyridine rings is 1. The smallest absolute Gasteiger partial charge is 0.276 e. The highest BCUT2D eigenvalue weighted by Gasteiger charge is 2.09. The van der Waals surface area contributed by atoms with Gasteiger partial charge < -0.3 is 5.32 Å². The second kappa shape index (κ2) is 4.55. The van der Waals surface area contributed by atoms with Crippen LogP contribution < -0.4 is 5.32 Å². The van der Waals surface area contributed by atoms with E-state index in [1.165, 1.54) is 6.20 Å². The summed E-state index contributed by atoms with van der Waals surface area (Å²) in [6.45, 7) is 1.83. The molecule has 2 rings (SSSR count). The molecule has 0 saturated heterocycles. The van der Waals surface area contributed by atoms with Crippen molar-refractivity contribution in [2.45, 2.75) is 6.92 Å². The highest BCUT2D eigenvalue weighted by atomic mass is 35.5. The van der Waals surface area contributed by atoms with E-state index in [1.807, 2.05) is 6.92 Å². The summed E-state index contributed by atoms with van der Waals surface area (Å²) in [6, 6.07) is 3.40. The molecule has 0 aliphatic rings. The summed E-state index contributed by atoms with van der Waals surface area (Å²) in [5.74, 6) is -0.269. The van der Waals surface area contributed by atoms with E-state index in [9.17, 15) is 4.79 Å². The minimum atomic E-state index is -0.269. The molecule has 6 heteroatoms. The zero-order valence-electron chi connectivity index (χ0n) is 9.44. The van der Waals surface area contributed by atoms with Gasteiger partial charge in [-0.05, 0) is 24.6 Å². The molecule has 0 bridgehead atoms. The Labute approximate surface area is 103 Å². The van der Waals surface area contributed by atoms with Crippen LogP contribution in [0.5, 0.6) is 0 Å². The van der Waals surface area contributed by atoms with Crippen LogP contribution in [0, 0.1) is 6.92 Å². The largest absolute Gasteiger partial charge is 0.319 e. The molecule has 88 valence electrons. The van der Waals surface area contributed by atoms with E-state index in [0.717, 1.165) is 5.56 Å². The van der Waals surface area contributed by atoms with E-state index in [1.54, 1.807) is 30.1 Å². The molecule has 0 aromatic carbocycles.